The quantitative estimate of drug-likeness (QED) is 0.741. The van der Waals surface area contributed by atoms with Gasteiger partial charge in [-0.05, 0) is 24.6 Å². The van der Waals surface area contributed by atoms with Crippen molar-refractivity contribution in [2.45, 2.75) is 31.2 Å². The molecule has 1 aromatic carbocycles. The van der Waals surface area contributed by atoms with E-state index < -0.39 is 35.9 Å². The summed E-state index contributed by atoms with van der Waals surface area (Å²) in [5.41, 5.74) is 4.16. The predicted molar refractivity (Wildman–Crippen MR) is 51.1 cm³/mol. The molecule has 0 unspecified atom stereocenters. The molecule has 16 heavy (non-hydrogen) atoms. The zero-order valence-electron chi connectivity index (χ0n) is 8.66. The third-order valence-electron chi connectivity index (χ3n) is 2.93. The Morgan fingerprint density at radius 1 is 1.12 bits per heavy atom. The first kappa shape index (κ1) is 11.4. The van der Waals surface area contributed by atoms with Gasteiger partial charge in [0.15, 0.2) is 0 Å². The van der Waals surface area contributed by atoms with Crippen LogP contribution in [0.5, 0.6) is 0 Å². The van der Waals surface area contributed by atoms with Crippen LogP contribution < -0.4 is 5.73 Å². The minimum Gasteiger partial charge on any atom is -0.321 e. The molecule has 0 radical (unpaired) electrons. The van der Waals surface area contributed by atoms with E-state index >= 15 is 0 Å². The molecule has 1 nitrogen and oxygen atoms in total. The van der Waals surface area contributed by atoms with Crippen LogP contribution in [-0.2, 0) is 5.54 Å². The summed E-state index contributed by atoms with van der Waals surface area (Å²) in [5, 5.41) is 0. The van der Waals surface area contributed by atoms with Crippen molar-refractivity contribution in [2.24, 2.45) is 5.73 Å². The van der Waals surface area contributed by atoms with Crippen LogP contribution in [-0.4, -0.2) is 5.92 Å². The molecule has 0 saturated heterocycles. The Kier molecular flexibility index (Phi) is 2.28. The summed E-state index contributed by atoms with van der Waals surface area (Å²) in [6, 6.07) is 1.90. The molecular weight excluding hydrogens is 222 g/mol. The van der Waals surface area contributed by atoms with Gasteiger partial charge in [0.2, 0.25) is 0 Å². The molecule has 5 heteroatoms. The van der Waals surface area contributed by atoms with Crippen molar-refractivity contribution >= 4 is 0 Å². The highest BCUT2D eigenvalue weighted by Crippen LogP contribution is 2.50. The Hall–Kier alpha value is -1.10. The highest BCUT2D eigenvalue weighted by atomic mass is 19.3. The summed E-state index contributed by atoms with van der Waals surface area (Å²) in [6.07, 6.45) is -1.28. The second-order valence-corrected chi connectivity index (χ2v) is 4.45. The average molecular weight is 233 g/mol. The molecule has 1 saturated carbocycles. The van der Waals surface area contributed by atoms with Crippen molar-refractivity contribution in [3.63, 3.8) is 0 Å². The van der Waals surface area contributed by atoms with E-state index in [1.165, 1.54) is 6.92 Å². The molecule has 1 aliphatic rings. The van der Waals surface area contributed by atoms with Gasteiger partial charge in [0.25, 0.3) is 5.92 Å². The summed E-state index contributed by atoms with van der Waals surface area (Å²) in [4.78, 5) is 0. The van der Waals surface area contributed by atoms with Crippen LogP contribution in [0.1, 0.15) is 24.0 Å². The molecule has 88 valence electrons. The molecule has 2 rings (SSSR count). The van der Waals surface area contributed by atoms with Crippen molar-refractivity contribution in [1.82, 2.24) is 0 Å². The van der Waals surface area contributed by atoms with Gasteiger partial charge >= 0.3 is 0 Å². The fourth-order valence-corrected chi connectivity index (χ4v) is 2.09. The number of nitrogens with two attached hydrogens (primary N) is 1. The lowest BCUT2D eigenvalue weighted by Gasteiger charge is -2.44. The Morgan fingerprint density at radius 2 is 1.69 bits per heavy atom. The van der Waals surface area contributed by atoms with E-state index in [2.05, 4.69) is 0 Å². The molecule has 0 spiro atoms. The van der Waals surface area contributed by atoms with Crippen LogP contribution in [0.15, 0.2) is 12.1 Å². The third kappa shape index (κ3) is 1.69. The lowest BCUT2D eigenvalue weighted by atomic mass is 9.69. The Bertz CT molecular complexity index is 434. The molecule has 0 atom stereocenters. The molecule has 1 fully saturated rings. The largest absolute Gasteiger partial charge is 0.321 e. The van der Waals surface area contributed by atoms with Crippen molar-refractivity contribution < 1.29 is 17.6 Å². The van der Waals surface area contributed by atoms with E-state index in [0.717, 1.165) is 12.1 Å². The summed E-state index contributed by atoms with van der Waals surface area (Å²) in [5.74, 6) is -4.23. The average Bonchev–Trinajstić information content (AvgIpc) is 2.07. The molecule has 0 aromatic heterocycles. The van der Waals surface area contributed by atoms with Crippen LogP contribution in [0.3, 0.4) is 0 Å². The van der Waals surface area contributed by atoms with E-state index in [-0.39, 0.29) is 11.1 Å². The minimum absolute atomic E-state index is 0.135. The van der Waals surface area contributed by atoms with Crippen molar-refractivity contribution in [2.75, 3.05) is 0 Å². The fraction of sp³-hybridized carbons (Fsp3) is 0.455. The fourth-order valence-electron chi connectivity index (χ4n) is 2.09. The molecule has 0 aliphatic heterocycles. The Labute approximate surface area is 90.3 Å². The zero-order chi connectivity index (χ0) is 12.1. The standard InChI is InChI=1S/C11H11F4N/c1-6-2-9(13)7(3-8(6)12)10(16)4-11(14,15)5-10/h2-3H,4-5,16H2,1H3. The number of hydrogen-bond donors (Lipinski definition) is 1. The van der Waals surface area contributed by atoms with Crippen molar-refractivity contribution in [3.05, 3.63) is 34.9 Å². The first-order valence-corrected chi connectivity index (χ1v) is 4.86. The van der Waals surface area contributed by atoms with E-state index in [1.807, 2.05) is 0 Å². The Morgan fingerprint density at radius 3 is 2.19 bits per heavy atom. The van der Waals surface area contributed by atoms with Gasteiger partial charge in [-0.3, -0.25) is 0 Å². The molecule has 0 bridgehead atoms. The van der Waals surface area contributed by atoms with Gasteiger partial charge in [-0.15, -0.1) is 0 Å². The van der Waals surface area contributed by atoms with E-state index in [0.29, 0.717) is 0 Å². The van der Waals surface area contributed by atoms with Gasteiger partial charge < -0.3 is 5.73 Å². The molecule has 1 aliphatic carbocycles. The molecule has 0 heterocycles. The molecular formula is C11H11F4N. The van der Waals surface area contributed by atoms with Crippen LogP contribution in [0, 0.1) is 18.6 Å². The van der Waals surface area contributed by atoms with Gasteiger partial charge in [0, 0.05) is 18.4 Å². The molecule has 2 N–H and O–H groups in total. The Balaban J connectivity index is 2.39. The SMILES string of the molecule is Cc1cc(F)c(C2(N)CC(F)(F)C2)cc1F. The number of benzene rings is 1. The predicted octanol–water partition coefficient (Wildman–Crippen LogP) is 2.86. The number of alkyl halides is 2. The minimum atomic E-state index is -2.87. The van der Waals surface area contributed by atoms with E-state index in [1.54, 1.807) is 0 Å². The highest BCUT2D eigenvalue weighted by molar-refractivity contribution is 5.33. The lowest BCUT2D eigenvalue weighted by molar-refractivity contribution is -0.125. The van der Waals surface area contributed by atoms with E-state index in [4.69, 9.17) is 5.73 Å². The number of rotatable bonds is 1. The first-order valence-electron chi connectivity index (χ1n) is 4.86. The van der Waals surface area contributed by atoms with E-state index in [9.17, 15) is 17.6 Å². The van der Waals surface area contributed by atoms with Crippen LogP contribution in [0.4, 0.5) is 17.6 Å². The second kappa shape index (κ2) is 3.20. The smallest absolute Gasteiger partial charge is 0.252 e. The molecule has 0 amide bonds. The normalized spacial score (nSPS) is 21.6. The van der Waals surface area contributed by atoms with Gasteiger partial charge in [-0.25, -0.2) is 17.6 Å². The summed E-state index contributed by atoms with van der Waals surface area (Å²) >= 11 is 0. The third-order valence-corrected chi connectivity index (χ3v) is 2.93. The first-order chi connectivity index (χ1) is 7.23. The number of halogens is 4. The maximum atomic E-state index is 13.5. The van der Waals surface area contributed by atoms with Crippen molar-refractivity contribution in [1.29, 1.82) is 0 Å². The monoisotopic (exact) mass is 233 g/mol. The maximum Gasteiger partial charge on any atom is 0.252 e. The van der Waals surface area contributed by atoms with Crippen LogP contribution in [0.25, 0.3) is 0 Å². The van der Waals surface area contributed by atoms with Crippen LogP contribution in [0.2, 0.25) is 0 Å². The van der Waals surface area contributed by atoms with Crippen molar-refractivity contribution in [3.8, 4) is 0 Å². The molecule has 1 aromatic rings. The topological polar surface area (TPSA) is 26.0 Å². The van der Waals surface area contributed by atoms with Gasteiger partial charge in [-0.1, -0.05) is 0 Å². The maximum absolute atomic E-state index is 13.5. The summed E-state index contributed by atoms with van der Waals surface area (Å²) in [6.45, 7) is 1.40. The van der Waals surface area contributed by atoms with Crippen LogP contribution >= 0.6 is 0 Å². The lowest BCUT2D eigenvalue weighted by Crippen LogP contribution is -2.56. The van der Waals surface area contributed by atoms with Gasteiger partial charge in [0.1, 0.15) is 11.6 Å². The number of aryl methyl sites for hydroxylation is 1. The van der Waals surface area contributed by atoms with Gasteiger partial charge in [0.05, 0.1) is 5.54 Å². The number of hydrogen-bond acceptors (Lipinski definition) is 1. The zero-order valence-corrected chi connectivity index (χ0v) is 8.66. The highest BCUT2D eigenvalue weighted by Gasteiger charge is 2.56. The second-order valence-electron chi connectivity index (χ2n) is 4.45. The summed E-state index contributed by atoms with van der Waals surface area (Å²) < 4.78 is 52.2. The van der Waals surface area contributed by atoms with Gasteiger partial charge in [-0.2, -0.15) is 0 Å². The summed E-state index contributed by atoms with van der Waals surface area (Å²) in [7, 11) is 0.